The van der Waals surface area contributed by atoms with Crippen molar-refractivity contribution in [1.29, 1.82) is 0 Å². The molecule has 1 aromatic rings. The minimum absolute atomic E-state index is 0.387. The van der Waals surface area contributed by atoms with E-state index in [2.05, 4.69) is 49.7 Å². The van der Waals surface area contributed by atoms with Crippen molar-refractivity contribution in [3.8, 4) is 0 Å². The van der Waals surface area contributed by atoms with Crippen LogP contribution >= 0.6 is 0 Å². The van der Waals surface area contributed by atoms with Crippen LogP contribution in [0.15, 0.2) is 0 Å². The molecule has 1 aromatic heterocycles. The van der Waals surface area contributed by atoms with Crippen LogP contribution < -0.4 is 5.32 Å². The molecule has 0 aromatic carbocycles. The Balaban J connectivity index is 2.70. The molecule has 0 aliphatic rings. The van der Waals surface area contributed by atoms with Gasteiger partial charge < -0.3 is 10.1 Å². The van der Waals surface area contributed by atoms with Gasteiger partial charge in [0.1, 0.15) is 0 Å². The molecule has 4 nitrogen and oxygen atoms in total. The molecule has 0 aliphatic carbocycles. The first-order chi connectivity index (χ1) is 8.97. The van der Waals surface area contributed by atoms with Crippen molar-refractivity contribution in [1.82, 2.24) is 15.1 Å². The van der Waals surface area contributed by atoms with Gasteiger partial charge in [-0.1, -0.05) is 13.8 Å². The number of methoxy groups -OCH3 is 1. The third-order valence-corrected chi connectivity index (χ3v) is 3.49. The molecule has 1 rings (SSSR count). The van der Waals surface area contributed by atoms with E-state index >= 15 is 0 Å². The second-order valence-corrected chi connectivity index (χ2v) is 5.75. The van der Waals surface area contributed by atoms with Crippen molar-refractivity contribution in [2.75, 3.05) is 20.3 Å². The molecule has 0 amide bonds. The fourth-order valence-corrected chi connectivity index (χ4v) is 2.28. The zero-order chi connectivity index (χ0) is 14.4. The molecule has 0 bridgehead atoms. The molecule has 110 valence electrons. The summed E-state index contributed by atoms with van der Waals surface area (Å²) in [5, 5.41) is 8.18. The van der Waals surface area contributed by atoms with Crippen LogP contribution in [0.3, 0.4) is 0 Å². The van der Waals surface area contributed by atoms with E-state index in [0.717, 1.165) is 31.8 Å². The van der Waals surface area contributed by atoms with Crippen molar-refractivity contribution < 1.29 is 4.74 Å². The number of hydrogen-bond acceptors (Lipinski definition) is 3. The Bertz CT molecular complexity index is 385. The third kappa shape index (κ3) is 4.62. The Kier molecular flexibility index (Phi) is 6.52. The lowest BCUT2D eigenvalue weighted by Crippen LogP contribution is -2.20. The first-order valence-electron chi connectivity index (χ1n) is 7.21. The predicted octanol–water partition coefficient (Wildman–Crippen LogP) is 2.84. The highest BCUT2D eigenvalue weighted by molar-refractivity contribution is 5.24. The van der Waals surface area contributed by atoms with Crippen LogP contribution in [0, 0.1) is 19.8 Å². The van der Waals surface area contributed by atoms with Gasteiger partial charge in [-0.2, -0.15) is 5.10 Å². The van der Waals surface area contributed by atoms with E-state index in [9.17, 15) is 0 Å². The summed E-state index contributed by atoms with van der Waals surface area (Å²) in [6.07, 6.45) is 0.997. The van der Waals surface area contributed by atoms with Gasteiger partial charge in [0.25, 0.3) is 0 Å². The first-order valence-corrected chi connectivity index (χ1v) is 7.21. The van der Waals surface area contributed by atoms with E-state index in [1.54, 1.807) is 7.11 Å². The summed E-state index contributed by atoms with van der Waals surface area (Å²) in [7, 11) is 1.75. The zero-order valence-corrected chi connectivity index (χ0v) is 13.3. The van der Waals surface area contributed by atoms with Gasteiger partial charge >= 0.3 is 0 Å². The normalized spacial score (nSPS) is 13.2. The quantitative estimate of drug-likeness (QED) is 0.787. The number of aromatic nitrogens is 2. The molecule has 1 atom stereocenters. The molecule has 4 heteroatoms. The smallest absolute Gasteiger partial charge is 0.0641 e. The molecule has 1 unspecified atom stereocenters. The summed E-state index contributed by atoms with van der Waals surface area (Å²) in [6.45, 7) is 13.6. The van der Waals surface area contributed by atoms with E-state index in [1.807, 2.05) is 0 Å². The van der Waals surface area contributed by atoms with Gasteiger partial charge in [-0.05, 0) is 39.7 Å². The van der Waals surface area contributed by atoms with Crippen molar-refractivity contribution in [2.24, 2.45) is 5.92 Å². The molecule has 0 saturated carbocycles. The first kappa shape index (κ1) is 16.2. The van der Waals surface area contributed by atoms with Crippen molar-refractivity contribution >= 4 is 0 Å². The molecule has 0 fully saturated rings. The molecular weight excluding hydrogens is 238 g/mol. The minimum atomic E-state index is 0.387. The average molecular weight is 267 g/mol. The molecule has 0 saturated heterocycles. The Morgan fingerprint density at radius 2 is 1.95 bits per heavy atom. The number of aryl methyl sites for hydroxylation is 1. The van der Waals surface area contributed by atoms with E-state index in [0.29, 0.717) is 12.0 Å². The molecule has 0 aliphatic heterocycles. The Morgan fingerprint density at radius 1 is 1.26 bits per heavy atom. The lowest BCUT2D eigenvalue weighted by atomic mass is 10.1. The summed E-state index contributed by atoms with van der Waals surface area (Å²) in [5.74, 6) is 0.677. The fraction of sp³-hybridized carbons (Fsp3) is 0.800. The van der Waals surface area contributed by atoms with Gasteiger partial charge in [0.05, 0.1) is 11.7 Å². The van der Waals surface area contributed by atoms with Crippen LogP contribution in [0.5, 0.6) is 0 Å². The highest BCUT2D eigenvalue weighted by atomic mass is 16.5. The van der Waals surface area contributed by atoms with Gasteiger partial charge in [-0.3, -0.25) is 4.68 Å². The van der Waals surface area contributed by atoms with E-state index < -0.39 is 0 Å². The number of nitrogens with zero attached hydrogens (tertiary/aromatic N) is 2. The van der Waals surface area contributed by atoms with Gasteiger partial charge in [-0.15, -0.1) is 0 Å². The van der Waals surface area contributed by atoms with E-state index in [4.69, 9.17) is 4.74 Å². The maximum absolute atomic E-state index is 5.15. The molecule has 0 radical (unpaired) electrons. The lowest BCUT2D eigenvalue weighted by Gasteiger charge is -2.14. The summed E-state index contributed by atoms with van der Waals surface area (Å²) >= 11 is 0. The standard InChI is InChI=1S/C15H29N3O/c1-11(2)9-16-10-15-13(4)17-18(14(15)5)12(3)7-8-19-6/h11-12,16H,7-10H2,1-6H3. The molecular formula is C15H29N3O. The Morgan fingerprint density at radius 3 is 2.53 bits per heavy atom. The Labute approximate surface area is 117 Å². The van der Waals surface area contributed by atoms with Crippen molar-refractivity contribution in [3.63, 3.8) is 0 Å². The van der Waals surface area contributed by atoms with Crippen LogP contribution in [0.1, 0.15) is 50.2 Å². The van der Waals surface area contributed by atoms with Crippen molar-refractivity contribution in [2.45, 2.75) is 53.6 Å². The molecule has 1 N–H and O–H groups in total. The average Bonchev–Trinajstić information content (AvgIpc) is 2.63. The van der Waals surface area contributed by atoms with Gasteiger partial charge in [0.15, 0.2) is 0 Å². The number of nitrogens with one attached hydrogen (secondary N) is 1. The summed E-state index contributed by atoms with van der Waals surface area (Å²) in [6, 6.07) is 0.387. The van der Waals surface area contributed by atoms with Crippen LogP contribution in [0.25, 0.3) is 0 Å². The maximum atomic E-state index is 5.15. The lowest BCUT2D eigenvalue weighted by molar-refractivity contribution is 0.178. The summed E-state index contributed by atoms with van der Waals surface area (Å²) in [4.78, 5) is 0. The van der Waals surface area contributed by atoms with Crippen molar-refractivity contribution in [3.05, 3.63) is 17.0 Å². The monoisotopic (exact) mass is 267 g/mol. The summed E-state index contributed by atoms with van der Waals surface area (Å²) in [5.41, 5.74) is 3.75. The van der Waals surface area contributed by atoms with E-state index in [1.165, 1.54) is 11.3 Å². The van der Waals surface area contributed by atoms with Crippen LogP contribution in [-0.2, 0) is 11.3 Å². The van der Waals surface area contributed by atoms with Crippen LogP contribution in [0.4, 0.5) is 0 Å². The summed E-state index contributed by atoms with van der Waals surface area (Å²) < 4.78 is 7.29. The fourth-order valence-electron chi connectivity index (χ4n) is 2.28. The van der Waals surface area contributed by atoms with Gasteiger partial charge in [-0.25, -0.2) is 0 Å². The SMILES string of the molecule is COCCC(C)n1nc(C)c(CNCC(C)C)c1C. The second-order valence-electron chi connectivity index (χ2n) is 5.75. The second kappa shape index (κ2) is 7.65. The zero-order valence-electron chi connectivity index (χ0n) is 13.3. The highest BCUT2D eigenvalue weighted by Gasteiger charge is 2.15. The maximum Gasteiger partial charge on any atom is 0.0641 e. The van der Waals surface area contributed by atoms with E-state index in [-0.39, 0.29) is 0 Å². The van der Waals surface area contributed by atoms with Gasteiger partial charge in [0.2, 0.25) is 0 Å². The molecule has 19 heavy (non-hydrogen) atoms. The van der Waals surface area contributed by atoms with Crippen LogP contribution in [0.2, 0.25) is 0 Å². The third-order valence-electron chi connectivity index (χ3n) is 3.49. The largest absolute Gasteiger partial charge is 0.385 e. The van der Waals surface area contributed by atoms with Gasteiger partial charge in [0, 0.05) is 31.5 Å². The highest BCUT2D eigenvalue weighted by Crippen LogP contribution is 2.19. The topological polar surface area (TPSA) is 39.1 Å². The number of rotatable bonds is 8. The number of ether oxygens (including phenoxy) is 1. The van der Waals surface area contributed by atoms with Crippen LogP contribution in [-0.4, -0.2) is 30.0 Å². The predicted molar refractivity (Wildman–Crippen MR) is 79.4 cm³/mol. The minimum Gasteiger partial charge on any atom is -0.385 e. The number of hydrogen-bond donors (Lipinski definition) is 1. The molecule has 0 spiro atoms. The Hall–Kier alpha value is -0.870. The molecule has 1 heterocycles.